The van der Waals surface area contributed by atoms with Crippen LogP contribution in [0.4, 0.5) is 0 Å². The van der Waals surface area contributed by atoms with Gasteiger partial charge in [-0.1, -0.05) is 30.3 Å². The fraction of sp³-hybridized carbons (Fsp3) is 0.0833. The Kier molecular flexibility index (Phi) is 2.79. The van der Waals surface area contributed by atoms with E-state index in [-0.39, 0.29) is 11.3 Å². The van der Waals surface area contributed by atoms with Crippen molar-refractivity contribution in [1.29, 1.82) is 5.26 Å². The van der Waals surface area contributed by atoms with E-state index in [2.05, 4.69) is 5.10 Å². The lowest BCUT2D eigenvalue weighted by molar-refractivity contribution is 0.634. The first-order valence-electron chi connectivity index (χ1n) is 4.82. The SMILES string of the molecule is N#Cc1ccc(=O)n(Cc2ccccc2)n1. The van der Waals surface area contributed by atoms with Gasteiger partial charge in [-0.3, -0.25) is 4.79 Å². The maximum Gasteiger partial charge on any atom is 0.267 e. The first kappa shape index (κ1) is 10.1. The Labute approximate surface area is 92.4 Å². The van der Waals surface area contributed by atoms with Gasteiger partial charge in [0.2, 0.25) is 0 Å². The maximum absolute atomic E-state index is 11.5. The van der Waals surface area contributed by atoms with Crippen LogP contribution in [0.5, 0.6) is 0 Å². The molecule has 0 amide bonds. The molecule has 0 saturated heterocycles. The van der Waals surface area contributed by atoms with Gasteiger partial charge in [0, 0.05) is 6.07 Å². The molecule has 1 aromatic heterocycles. The molecule has 1 aromatic carbocycles. The van der Waals surface area contributed by atoms with Gasteiger partial charge in [0.1, 0.15) is 6.07 Å². The van der Waals surface area contributed by atoms with E-state index in [1.54, 1.807) is 0 Å². The van der Waals surface area contributed by atoms with Gasteiger partial charge in [-0.2, -0.15) is 10.4 Å². The minimum atomic E-state index is -0.206. The Bertz CT molecular complexity index is 581. The minimum absolute atomic E-state index is 0.206. The Hall–Kier alpha value is -2.41. The second-order valence-corrected chi connectivity index (χ2v) is 3.31. The van der Waals surface area contributed by atoms with Crippen LogP contribution in [0, 0.1) is 11.3 Å². The predicted octanol–water partition coefficient (Wildman–Crippen LogP) is 1.16. The van der Waals surface area contributed by atoms with Crippen LogP contribution in [0.2, 0.25) is 0 Å². The molecule has 0 aliphatic heterocycles. The highest BCUT2D eigenvalue weighted by atomic mass is 16.1. The Morgan fingerprint density at radius 3 is 2.62 bits per heavy atom. The lowest BCUT2D eigenvalue weighted by Gasteiger charge is -2.03. The van der Waals surface area contributed by atoms with Gasteiger partial charge in [-0.25, -0.2) is 4.68 Å². The Morgan fingerprint density at radius 1 is 1.19 bits per heavy atom. The molecule has 4 nitrogen and oxygen atoms in total. The van der Waals surface area contributed by atoms with E-state index >= 15 is 0 Å². The standard InChI is InChI=1S/C12H9N3O/c13-8-11-6-7-12(16)15(14-11)9-10-4-2-1-3-5-10/h1-7H,9H2. The van der Waals surface area contributed by atoms with Crippen molar-refractivity contribution >= 4 is 0 Å². The third-order valence-electron chi connectivity index (χ3n) is 2.16. The normalized spacial score (nSPS) is 9.69. The van der Waals surface area contributed by atoms with Crippen LogP contribution < -0.4 is 5.56 Å². The Morgan fingerprint density at radius 2 is 1.94 bits per heavy atom. The molecule has 16 heavy (non-hydrogen) atoms. The van der Waals surface area contributed by atoms with Crippen LogP contribution in [-0.4, -0.2) is 9.78 Å². The summed E-state index contributed by atoms with van der Waals surface area (Å²) in [6.07, 6.45) is 0. The van der Waals surface area contributed by atoms with Crippen LogP contribution in [-0.2, 0) is 6.54 Å². The molecule has 0 radical (unpaired) electrons. The van der Waals surface area contributed by atoms with Crippen molar-refractivity contribution in [3.05, 3.63) is 64.1 Å². The molecule has 0 N–H and O–H groups in total. The van der Waals surface area contributed by atoms with Crippen molar-refractivity contribution < 1.29 is 0 Å². The summed E-state index contributed by atoms with van der Waals surface area (Å²) in [7, 11) is 0. The second-order valence-electron chi connectivity index (χ2n) is 3.31. The van der Waals surface area contributed by atoms with Gasteiger partial charge in [-0.15, -0.1) is 0 Å². The second kappa shape index (κ2) is 4.41. The van der Waals surface area contributed by atoms with E-state index in [0.29, 0.717) is 6.54 Å². The number of hydrogen-bond donors (Lipinski definition) is 0. The fourth-order valence-electron chi connectivity index (χ4n) is 1.38. The fourth-order valence-corrected chi connectivity index (χ4v) is 1.38. The topological polar surface area (TPSA) is 58.7 Å². The lowest BCUT2D eigenvalue weighted by atomic mass is 10.2. The number of nitriles is 1. The zero-order valence-corrected chi connectivity index (χ0v) is 8.50. The molecule has 0 fully saturated rings. The van der Waals surface area contributed by atoms with Crippen molar-refractivity contribution in [2.45, 2.75) is 6.54 Å². The summed E-state index contributed by atoms with van der Waals surface area (Å²) < 4.78 is 1.29. The molecule has 0 atom stereocenters. The third-order valence-corrected chi connectivity index (χ3v) is 2.16. The highest BCUT2D eigenvalue weighted by Crippen LogP contribution is 1.99. The molecular formula is C12H9N3O. The van der Waals surface area contributed by atoms with E-state index in [0.717, 1.165) is 5.56 Å². The number of rotatable bonds is 2. The quantitative estimate of drug-likeness (QED) is 0.749. The van der Waals surface area contributed by atoms with Crippen LogP contribution >= 0.6 is 0 Å². The summed E-state index contributed by atoms with van der Waals surface area (Å²) in [4.78, 5) is 11.5. The maximum atomic E-state index is 11.5. The monoisotopic (exact) mass is 211 g/mol. The highest BCUT2D eigenvalue weighted by molar-refractivity contribution is 5.18. The summed E-state index contributed by atoms with van der Waals surface area (Å²) >= 11 is 0. The molecular weight excluding hydrogens is 202 g/mol. The van der Waals surface area contributed by atoms with Gasteiger partial charge >= 0.3 is 0 Å². The van der Waals surface area contributed by atoms with Crippen LogP contribution in [0.25, 0.3) is 0 Å². The van der Waals surface area contributed by atoms with E-state index in [1.807, 2.05) is 36.4 Å². The molecule has 4 heteroatoms. The third kappa shape index (κ3) is 2.15. The minimum Gasteiger partial charge on any atom is -0.268 e. The van der Waals surface area contributed by atoms with Crippen molar-refractivity contribution in [2.24, 2.45) is 0 Å². The largest absolute Gasteiger partial charge is 0.268 e. The lowest BCUT2D eigenvalue weighted by Crippen LogP contribution is -2.23. The van der Waals surface area contributed by atoms with E-state index in [1.165, 1.54) is 16.8 Å². The molecule has 0 aliphatic carbocycles. The van der Waals surface area contributed by atoms with Crippen LogP contribution in [0.1, 0.15) is 11.3 Å². The van der Waals surface area contributed by atoms with Gasteiger partial charge in [0.15, 0.2) is 5.69 Å². The smallest absolute Gasteiger partial charge is 0.267 e. The first-order chi connectivity index (χ1) is 7.79. The summed E-state index contributed by atoms with van der Waals surface area (Å²) in [5.41, 5.74) is 1.02. The van der Waals surface area contributed by atoms with Crippen molar-refractivity contribution in [2.75, 3.05) is 0 Å². The molecule has 0 bridgehead atoms. The highest BCUT2D eigenvalue weighted by Gasteiger charge is 2.00. The Balaban J connectivity index is 2.35. The summed E-state index contributed by atoms with van der Waals surface area (Å²) in [5.74, 6) is 0. The number of hydrogen-bond acceptors (Lipinski definition) is 3. The van der Waals surface area contributed by atoms with Crippen molar-refractivity contribution in [1.82, 2.24) is 9.78 Å². The molecule has 0 unspecified atom stereocenters. The van der Waals surface area contributed by atoms with E-state index < -0.39 is 0 Å². The zero-order valence-electron chi connectivity index (χ0n) is 8.50. The molecule has 0 aliphatic rings. The molecule has 2 aromatic rings. The van der Waals surface area contributed by atoms with E-state index in [9.17, 15) is 4.79 Å². The average Bonchev–Trinajstić information content (AvgIpc) is 2.33. The summed E-state index contributed by atoms with van der Waals surface area (Å²) in [6.45, 7) is 0.384. The van der Waals surface area contributed by atoms with E-state index in [4.69, 9.17) is 5.26 Å². The van der Waals surface area contributed by atoms with Crippen molar-refractivity contribution in [3.63, 3.8) is 0 Å². The molecule has 78 valence electrons. The van der Waals surface area contributed by atoms with Crippen molar-refractivity contribution in [3.8, 4) is 6.07 Å². The predicted molar refractivity (Wildman–Crippen MR) is 58.8 cm³/mol. The van der Waals surface area contributed by atoms with Crippen LogP contribution in [0.3, 0.4) is 0 Å². The first-order valence-corrected chi connectivity index (χ1v) is 4.82. The van der Waals surface area contributed by atoms with Gasteiger partial charge in [0.25, 0.3) is 5.56 Å². The van der Waals surface area contributed by atoms with Gasteiger partial charge in [0.05, 0.1) is 6.54 Å². The molecule has 1 heterocycles. The average molecular weight is 211 g/mol. The number of benzene rings is 1. The summed E-state index contributed by atoms with van der Waals surface area (Å²) in [6, 6.07) is 14.2. The van der Waals surface area contributed by atoms with Gasteiger partial charge < -0.3 is 0 Å². The zero-order chi connectivity index (χ0) is 11.4. The summed E-state index contributed by atoms with van der Waals surface area (Å²) in [5, 5.41) is 12.6. The molecule has 2 rings (SSSR count). The number of aromatic nitrogens is 2. The van der Waals surface area contributed by atoms with Crippen LogP contribution in [0.15, 0.2) is 47.3 Å². The van der Waals surface area contributed by atoms with Gasteiger partial charge in [-0.05, 0) is 11.6 Å². The molecule has 0 spiro atoms. The number of nitrogens with zero attached hydrogens (tertiary/aromatic N) is 3. The molecule has 0 saturated carbocycles.